The third kappa shape index (κ3) is 5.23. The second-order valence-corrected chi connectivity index (χ2v) is 7.39. The van der Waals surface area contributed by atoms with Crippen molar-refractivity contribution >= 4 is 17.0 Å². The quantitative estimate of drug-likeness (QED) is 0.402. The molecule has 0 atom stereocenters. The molecule has 2 aromatic carbocycles. The summed E-state index contributed by atoms with van der Waals surface area (Å²) in [5.74, 6) is 1.09. The Kier molecular flexibility index (Phi) is 7.17. The number of carbonyl (C=O) groups excluding carboxylic acids is 1. The first-order valence-corrected chi connectivity index (χ1v) is 10.2. The van der Waals surface area contributed by atoms with E-state index in [1.54, 1.807) is 22.8 Å². The number of rotatable bonds is 10. The minimum Gasteiger partial charge on any atom is -0.490 e. The van der Waals surface area contributed by atoms with Crippen LogP contribution >= 0.6 is 0 Å². The van der Waals surface area contributed by atoms with Crippen molar-refractivity contribution in [1.82, 2.24) is 9.55 Å². The number of aromatic amines is 1. The number of hydrogen-bond acceptors (Lipinski definition) is 5. The van der Waals surface area contributed by atoms with Crippen LogP contribution in [0.15, 0.2) is 47.3 Å². The Balaban J connectivity index is 1.58. The van der Waals surface area contributed by atoms with E-state index in [0.29, 0.717) is 49.2 Å². The highest BCUT2D eigenvalue weighted by molar-refractivity contribution is 5.90. The summed E-state index contributed by atoms with van der Waals surface area (Å²) < 4.78 is 18.4. The molecular weight excluding hydrogens is 384 g/mol. The van der Waals surface area contributed by atoms with Crippen LogP contribution in [0.4, 0.5) is 0 Å². The van der Waals surface area contributed by atoms with Gasteiger partial charge in [0.1, 0.15) is 0 Å². The molecule has 1 heterocycles. The van der Waals surface area contributed by atoms with Crippen molar-refractivity contribution in [3.05, 3.63) is 58.5 Å². The van der Waals surface area contributed by atoms with Gasteiger partial charge in [0.05, 0.1) is 36.4 Å². The monoisotopic (exact) mass is 412 g/mol. The van der Waals surface area contributed by atoms with E-state index in [1.807, 2.05) is 31.2 Å². The van der Waals surface area contributed by atoms with E-state index >= 15 is 0 Å². The zero-order chi connectivity index (χ0) is 21.5. The minimum absolute atomic E-state index is 0.166. The molecule has 160 valence electrons. The molecule has 7 heteroatoms. The first-order chi connectivity index (χ1) is 14.5. The van der Waals surface area contributed by atoms with Crippen LogP contribution in [0.2, 0.25) is 0 Å². The second-order valence-electron chi connectivity index (χ2n) is 7.39. The Bertz CT molecular complexity index is 1050. The van der Waals surface area contributed by atoms with Crippen LogP contribution in [0, 0.1) is 5.92 Å². The van der Waals surface area contributed by atoms with Gasteiger partial charge in [0.25, 0.3) is 0 Å². The van der Waals surface area contributed by atoms with Crippen molar-refractivity contribution in [2.75, 3.05) is 19.8 Å². The fraction of sp³-hybridized carbons (Fsp3) is 0.391. The van der Waals surface area contributed by atoms with E-state index in [-0.39, 0.29) is 12.3 Å². The Labute approximate surface area is 175 Å². The number of hydrogen-bond donors (Lipinski definition) is 1. The summed E-state index contributed by atoms with van der Waals surface area (Å²) in [5.41, 5.74) is 1.87. The molecule has 0 bridgehead atoms. The standard InChI is InChI=1S/C23H28N2O5/c1-4-28-21-14-17(10-11-20(21)30-15-16(2)3)22(26)29-13-7-12-25-19-9-6-5-8-18(19)24-23(25)27/h5-6,8-11,14,16H,4,7,12-13,15H2,1-3H3,(H,24,27). The third-order valence-corrected chi connectivity index (χ3v) is 4.49. The summed E-state index contributed by atoms with van der Waals surface area (Å²) in [7, 11) is 0. The van der Waals surface area contributed by atoms with Gasteiger partial charge in [0.15, 0.2) is 11.5 Å². The number of ether oxygens (including phenoxy) is 3. The molecule has 1 aromatic heterocycles. The number of H-pyrrole nitrogens is 1. The van der Waals surface area contributed by atoms with Gasteiger partial charge in [0.2, 0.25) is 0 Å². The predicted octanol–water partition coefficient (Wildman–Crippen LogP) is 4.01. The lowest BCUT2D eigenvalue weighted by Crippen LogP contribution is -2.18. The van der Waals surface area contributed by atoms with Gasteiger partial charge in [-0.05, 0) is 49.6 Å². The van der Waals surface area contributed by atoms with Crippen LogP contribution in [0.25, 0.3) is 11.0 Å². The highest BCUT2D eigenvalue weighted by atomic mass is 16.5. The topological polar surface area (TPSA) is 82.5 Å². The summed E-state index contributed by atoms with van der Waals surface area (Å²) >= 11 is 0. The van der Waals surface area contributed by atoms with Gasteiger partial charge >= 0.3 is 11.7 Å². The zero-order valence-corrected chi connectivity index (χ0v) is 17.6. The van der Waals surface area contributed by atoms with E-state index in [0.717, 1.165) is 11.0 Å². The number of imidazole rings is 1. The van der Waals surface area contributed by atoms with Crippen molar-refractivity contribution in [3.63, 3.8) is 0 Å². The Morgan fingerprint density at radius 3 is 2.67 bits per heavy atom. The number of aromatic nitrogens is 2. The number of para-hydroxylation sites is 2. The molecule has 3 aromatic rings. The average Bonchev–Trinajstić information content (AvgIpc) is 3.05. The van der Waals surface area contributed by atoms with Gasteiger partial charge in [-0.3, -0.25) is 4.57 Å². The lowest BCUT2D eigenvalue weighted by molar-refractivity contribution is 0.0495. The second kappa shape index (κ2) is 10.0. The lowest BCUT2D eigenvalue weighted by Gasteiger charge is -2.14. The summed E-state index contributed by atoms with van der Waals surface area (Å²) in [6.07, 6.45) is 0.529. The summed E-state index contributed by atoms with van der Waals surface area (Å²) in [4.78, 5) is 27.3. The summed E-state index contributed by atoms with van der Waals surface area (Å²) in [6, 6.07) is 12.6. The highest BCUT2D eigenvalue weighted by Gasteiger charge is 2.14. The largest absolute Gasteiger partial charge is 0.490 e. The van der Waals surface area contributed by atoms with E-state index < -0.39 is 5.97 Å². The maximum absolute atomic E-state index is 12.4. The number of nitrogens with one attached hydrogen (secondary N) is 1. The van der Waals surface area contributed by atoms with Crippen LogP contribution in [0.3, 0.4) is 0 Å². The van der Waals surface area contributed by atoms with Crippen LogP contribution in [0.5, 0.6) is 11.5 Å². The molecule has 0 aliphatic carbocycles. The number of carbonyl (C=O) groups is 1. The third-order valence-electron chi connectivity index (χ3n) is 4.49. The van der Waals surface area contributed by atoms with Gasteiger partial charge in [-0.25, -0.2) is 9.59 Å². The molecule has 0 aliphatic rings. The average molecular weight is 412 g/mol. The SMILES string of the molecule is CCOc1cc(C(=O)OCCCn2c(=O)[nH]c3ccccc32)ccc1OCC(C)C. The van der Waals surface area contributed by atoms with Crippen LogP contribution in [0.1, 0.15) is 37.6 Å². The van der Waals surface area contributed by atoms with Gasteiger partial charge in [-0.15, -0.1) is 0 Å². The van der Waals surface area contributed by atoms with Gasteiger partial charge in [0, 0.05) is 6.54 Å². The van der Waals surface area contributed by atoms with Crippen LogP contribution in [-0.2, 0) is 11.3 Å². The molecule has 7 nitrogen and oxygen atoms in total. The molecule has 0 spiro atoms. The zero-order valence-electron chi connectivity index (χ0n) is 17.6. The minimum atomic E-state index is -0.433. The first kappa shape index (κ1) is 21.5. The molecule has 1 N–H and O–H groups in total. The van der Waals surface area contributed by atoms with Gasteiger partial charge < -0.3 is 19.2 Å². The number of nitrogens with zero attached hydrogens (tertiary/aromatic N) is 1. The molecular formula is C23H28N2O5. The molecule has 0 radical (unpaired) electrons. The molecule has 0 fully saturated rings. The van der Waals surface area contributed by atoms with Crippen molar-refractivity contribution in [2.45, 2.75) is 33.7 Å². The molecule has 0 aliphatic heterocycles. The predicted molar refractivity (Wildman–Crippen MR) is 115 cm³/mol. The summed E-state index contributed by atoms with van der Waals surface area (Å²) in [6.45, 7) is 7.71. The van der Waals surface area contributed by atoms with Gasteiger partial charge in [-0.1, -0.05) is 26.0 Å². The molecule has 0 saturated carbocycles. The van der Waals surface area contributed by atoms with E-state index in [1.165, 1.54) is 0 Å². The number of aryl methyl sites for hydroxylation is 1. The number of fused-ring (bicyclic) bond motifs is 1. The van der Waals surface area contributed by atoms with E-state index in [9.17, 15) is 9.59 Å². The van der Waals surface area contributed by atoms with Crippen molar-refractivity contribution in [2.24, 2.45) is 5.92 Å². The van der Waals surface area contributed by atoms with Gasteiger partial charge in [-0.2, -0.15) is 0 Å². The number of esters is 1. The Hall–Kier alpha value is -3.22. The molecule has 0 saturated heterocycles. The smallest absolute Gasteiger partial charge is 0.338 e. The van der Waals surface area contributed by atoms with E-state index in [2.05, 4.69) is 18.8 Å². The number of benzene rings is 2. The highest BCUT2D eigenvalue weighted by Crippen LogP contribution is 2.29. The van der Waals surface area contributed by atoms with Crippen LogP contribution in [-0.4, -0.2) is 35.3 Å². The summed E-state index contributed by atoms with van der Waals surface area (Å²) in [5, 5.41) is 0. The maximum atomic E-state index is 12.4. The first-order valence-electron chi connectivity index (χ1n) is 10.2. The lowest BCUT2D eigenvalue weighted by atomic mass is 10.2. The maximum Gasteiger partial charge on any atom is 0.338 e. The molecule has 30 heavy (non-hydrogen) atoms. The molecule has 0 amide bonds. The van der Waals surface area contributed by atoms with Crippen molar-refractivity contribution in [1.29, 1.82) is 0 Å². The fourth-order valence-electron chi connectivity index (χ4n) is 3.08. The Morgan fingerprint density at radius 2 is 1.90 bits per heavy atom. The molecule has 3 rings (SSSR count). The fourth-order valence-corrected chi connectivity index (χ4v) is 3.08. The van der Waals surface area contributed by atoms with E-state index in [4.69, 9.17) is 14.2 Å². The van der Waals surface area contributed by atoms with Crippen molar-refractivity contribution in [3.8, 4) is 11.5 Å². The van der Waals surface area contributed by atoms with Crippen molar-refractivity contribution < 1.29 is 19.0 Å². The normalized spacial score (nSPS) is 11.1. The molecule has 0 unspecified atom stereocenters. The van der Waals surface area contributed by atoms with Crippen LogP contribution < -0.4 is 15.2 Å². The Morgan fingerprint density at radius 1 is 1.10 bits per heavy atom.